The van der Waals surface area contributed by atoms with Crippen LogP contribution in [0.25, 0.3) is 22.5 Å². The van der Waals surface area contributed by atoms with E-state index in [2.05, 4.69) is 21.2 Å². The fraction of sp³-hybridized carbons (Fsp3) is 0.211. The van der Waals surface area contributed by atoms with Crippen LogP contribution in [0.5, 0.6) is 0 Å². The monoisotopic (exact) mass is 362 g/mol. The van der Waals surface area contributed by atoms with E-state index < -0.39 is 11.4 Å². The van der Waals surface area contributed by atoms with Gasteiger partial charge in [0.25, 0.3) is 0 Å². The zero-order valence-electron chi connectivity index (χ0n) is 14.2. The molecule has 1 aliphatic carbocycles. The molecule has 0 aliphatic heterocycles. The average Bonchev–Trinajstić information content (AvgIpc) is 3.27. The second-order valence-corrected chi connectivity index (χ2v) is 6.51. The Morgan fingerprint density at radius 3 is 2.74 bits per heavy atom. The molecule has 0 spiro atoms. The number of benzene rings is 1. The van der Waals surface area contributed by atoms with Crippen molar-refractivity contribution in [3.8, 4) is 11.5 Å². The topological polar surface area (TPSA) is 104 Å². The van der Waals surface area contributed by atoms with Crippen molar-refractivity contribution >= 4 is 11.0 Å². The molecule has 0 bridgehead atoms. The standard InChI is InChI=1S/C19H14N4O4/c24-17-8-13(14-6-11-2-1-3-12(11)7-16(14)26-17)10-23-18(22-27-19(23)25)15-9-20-4-5-21-15/h4-9H,1-3,10H2. The van der Waals surface area contributed by atoms with Crippen molar-refractivity contribution in [2.24, 2.45) is 0 Å². The predicted molar refractivity (Wildman–Crippen MR) is 95.4 cm³/mol. The molecule has 5 rings (SSSR count). The molecule has 0 radical (unpaired) electrons. The minimum atomic E-state index is -0.627. The zero-order valence-corrected chi connectivity index (χ0v) is 14.2. The predicted octanol–water partition coefficient (Wildman–Crippen LogP) is 1.94. The summed E-state index contributed by atoms with van der Waals surface area (Å²) >= 11 is 0. The van der Waals surface area contributed by atoms with Gasteiger partial charge in [-0.05, 0) is 48.1 Å². The summed E-state index contributed by atoms with van der Waals surface area (Å²) in [6, 6.07) is 5.39. The van der Waals surface area contributed by atoms with E-state index in [0.717, 1.165) is 24.6 Å². The summed E-state index contributed by atoms with van der Waals surface area (Å²) in [5.74, 6) is -0.367. The highest BCUT2D eigenvalue weighted by Crippen LogP contribution is 2.29. The van der Waals surface area contributed by atoms with Gasteiger partial charge in [0.05, 0.1) is 12.7 Å². The Bertz CT molecular complexity index is 1270. The number of hydrogen-bond donors (Lipinski definition) is 0. The summed E-state index contributed by atoms with van der Waals surface area (Å²) in [5.41, 5.74) is 3.63. The van der Waals surface area contributed by atoms with Crippen LogP contribution in [0.1, 0.15) is 23.1 Å². The smallest absolute Gasteiger partial charge is 0.423 e. The van der Waals surface area contributed by atoms with Crippen LogP contribution in [-0.2, 0) is 19.4 Å². The number of aryl methyl sites for hydroxylation is 2. The number of fused-ring (bicyclic) bond motifs is 2. The molecule has 3 aromatic heterocycles. The van der Waals surface area contributed by atoms with Crippen molar-refractivity contribution in [3.05, 3.63) is 74.5 Å². The van der Waals surface area contributed by atoms with E-state index in [9.17, 15) is 9.59 Å². The lowest BCUT2D eigenvalue weighted by atomic mass is 10.0. The van der Waals surface area contributed by atoms with Crippen molar-refractivity contribution in [1.82, 2.24) is 19.7 Å². The molecule has 0 saturated carbocycles. The van der Waals surface area contributed by atoms with Crippen LogP contribution in [0.2, 0.25) is 0 Å². The Morgan fingerprint density at radius 2 is 1.93 bits per heavy atom. The van der Waals surface area contributed by atoms with E-state index in [0.29, 0.717) is 16.8 Å². The molecule has 0 unspecified atom stereocenters. The summed E-state index contributed by atoms with van der Waals surface area (Å²) in [6.07, 6.45) is 7.62. The van der Waals surface area contributed by atoms with Gasteiger partial charge in [0.15, 0.2) is 0 Å². The Balaban J connectivity index is 1.67. The minimum Gasteiger partial charge on any atom is -0.423 e. The molecular weight excluding hydrogens is 348 g/mol. The van der Waals surface area contributed by atoms with Gasteiger partial charge in [0.2, 0.25) is 5.82 Å². The van der Waals surface area contributed by atoms with Crippen molar-refractivity contribution in [2.45, 2.75) is 25.8 Å². The first-order valence-corrected chi connectivity index (χ1v) is 8.60. The Labute approximate surface area is 152 Å². The molecule has 0 fully saturated rings. The van der Waals surface area contributed by atoms with Crippen molar-refractivity contribution in [1.29, 1.82) is 0 Å². The van der Waals surface area contributed by atoms with Crippen LogP contribution in [0.3, 0.4) is 0 Å². The van der Waals surface area contributed by atoms with Gasteiger partial charge in [-0.1, -0.05) is 5.16 Å². The average molecular weight is 362 g/mol. The second-order valence-electron chi connectivity index (χ2n) is 6.51. The molecule has 3 heterocycles. The van der Waals surface area contributed by atoms with Crippen LogP contribution in [0, 0.1) is 0 Å². The van der Waals surface area contributed by atoms with E-state index in [4.69, 9.17) is 8.94 Å². The third-order valence-corrected chi connectivity index (χ3v) is 4.85. The molecule has 0 saturated heterocycles. The number of rotatable bonds is 3. The number of nitrogens with zero attached hydrogens (tertiary/aromatic N) is 4. The van der Waals surface area contributed by atoms with Gasteiger partial charge in [-0.15, -0.1) is 0 Å². The minimum absolute atomic E-state index is 0.120. The SMILES string of the molecule is O=c1cc(Cn2c(-c3cnccn3)noc2=O)c2cc3c(cc2o1)CCC3. The Morgan fingerprint density at radius 1 is 1.07 bits per heavy atom. The summed E-state index contributed by atoms with van der Waals surface area (Å²) in [5, 5.41) is 4.63. The summed E-state index contributed by atoms with van der Waals surface area (Å²) in [6.45, 7) is 0.120. The third kappa shape index (κ3) is 2.66. The first kappa shape index (κ1) is 15.7. The zero-order chi connectivity index (χ0) is 18.4. The molecule has 1 aliphatic rings. The Kier molecular flexibility index (Phi) is 3.49. The second kappa shape index (κ2) is 6.01. The molecule has 0 amide bonds. The normalized spacial score (nSPS) is 13.2. The highest BCUT2D eigenvalue weighted by molar-refractivity contribution is 5.82. The first-order valence-electron chi connectivity index (χ1n) is 8.60. The van der Waals surface area contributed by atoms with Gasteiger partial charge in [-0.2, -0.15) is 0 Å². The molecule has 0 atom stereocenters. The van der Waals surface area contributed by atoms with E-state index in [1.165, 1.54) is 40.4 Å². The fourth-order valence-electron chi connectivity index (χ4n) is 3.60. The van der Waals surface area contributed by atoms with Gasteiger partial charge < -0.3 is 4.42 Å². The van der Waals surface area contributed by atoms with Crippen LogP contribution >= 0.6 is 0 Å². The number of hydrogen-bond acceptors (Lipinski definition) is 7. The van der Waals surface area contributed by atoms with Gasteiger partial charge >= 0.3 is 11.4 Å². The molecule has 27 heavy (non-hydrogen) atoms. The van der Waals surface area contributed by atoms with Crippen molar-refractivity contribution in [2.75, 3.05) is 0 Å². The van der Waals surface area contributed by atoms with Gasteiger partial charge in [0, 0.05) is 23.8 Å². The molecular formula is C19H14N4O4. The lowest BCUT2D eigenvalue weighted by molar-refractivity contribution is 0.378. The quantitative estimate of drug-likeness (QED) is 0.513. The molecule has 1 aromatic carbocycles. The lowest BCUT2D eigenvalue weighted by Gasteiger charge is -2.09. The molecule has 0 N–H and O–H groups in total. The summed E-state index contributed by atoms with van der Waals surface area (Å²) in [7, 11) is 0. The van der Waals surface area contributed by atoms with E-state index in [-0.39, 0.29) is 12.4 Å². The fourth-order valence-corrected chi connectivity index (χ4v) is 3.60. The first-order chi connectivity index (χ1) is 13.2. The van der Waals surface area contributed by atoms with E-state index >= 15 is 0 Å². The maximum Gasteiger partial charge on any atom is 0.442 e. The van der Waals surface area contributed by atoms with E-state index in [1.54, 1.807) is 0 Å². The van der Waals surface area contributed by atoms with E-state index in [1.807, 2.05) is 6.07 Å². The molecule has 8 heteroatoms. The Hall–Kier alpha value is -3.55. The maximum absolute atomic E-state index is 12.2. The lowest BCUT2D eigenvalue weighted by Crippen LogP contribution is -2.18. The third-order valence-electron chi connectivity index (χ3n) is 4.85. The highest BCUT2D eigenvalue weighted by Gasteiger charge is 2.19. The van der Waals surface area contributed by atoms with Gasteiger partial charge in [-0.3, -0.25) is 14.1 Å². The van der Waals surface area contributed by atoms with Crippen molar-refractivity contribution < 1.29 is 8.94 Å². The highest BCUT2D eigenvalue weighted by atomic mass is 16.5. The van der Waals surface area contributed by atoms with Crippen LogP contribution in [-0.4, -0.2) is 19.7 Å². The molecule has 8 nitrogen and oxygen atoms in total. The van der Waals surface area contributed by atoms with Crippen molar-refractivity contribution in [3.63, 3.8) is 0 Å². The number of aromatic nitrogens is 4. The molecule has 134 valence electrons. The van der Waals surface area contributed by atoms with Crippen LogP contribution in [0.15, 0.2) is 55.3 Å². The largest absolute Gasteiger partial charge is 0.442 e. The van der Waals surface area contributed by atoms with Gasteiger partial charge in [-0.25, -0.2) is 14.6 Å². The molecule has 4 aromatic rings. The van der Waals surface area contributed by atoms with Crippen LogP contribution < -0.4 is 11.4 Å². The maximum atomic E-state index is 12.2. The van der Waals surface area contributed by atoms with Gasteiger partial charge in [0.1, 0.15) is 11.3 Å². The summed E-state index contributed by atoms with van der Waals surface area (Å²) < 4.78 is 11.6. The summed E-state index contributed by atoms with van der Waals surface area (Å²) in [4.78, 5) is 32.4. The van der Waals surface area contributed by atoms with Crippen LogP contribution in [0.4, 0.5) is 0 Å².